The average molecular weight is 316 g/mol. The number of hydrogen-bond donors (Lipinski definition) is 1. The van der Waals surface area contributed by atoms with E-state index in [-0.39, 0.29) is 5.56 Å². The molecule has 0 saturated heterocycles. The molecule has 2 nitrogen and oxygen atoms in total. The Morgan fingerprint density at radius 1 is 1.10 bits per heavy atom. The van der Waals surface area contributed by atoms with Crippen molar-refractivity contribution >= 4 is 11.6 Å². The van der Waals surface area contributed by atoms with Gasteiger partial charge in [0.05, 0.1) is 13.2 Å². The Morgan fingerprint density at radius 3 is 2.19 bits per heavy atom. The lowest BCUT2D eigenvalue weighted by molar-refractivity contribution is 0.414. The fourth-order valence-corrected chi connectivity index (χ4v) is 2.39. The SMILES string of the molecule is CNC(c1cc(F)c(F)c(F)c1)c1ccc(OC)cc1Cl. The third-order valence-corrected chi connectivity index (χ3v) is 3.47. The molecule has 2 rings (SSSR count). The molecule has 0 aromatic heterocycles. The molecule has 0 amide bonds. The van der Waals surface area contributed by atoms with Gasteiger partial charge in [0.15, 0.2) is 17.5 Å². The molecule has 0 spiro atoms. The van der Waals surface area contributed by atoms with Gasteiger partial charge in [-0.25, -0.2) is 13.2 Å². The van der Waals surface area contributed by atoms with Crippen LogP contribution in [-0.2, 0) is 0 Å². The largest absolute Gasteiger partial charge is 0.497 e. The average Bonchev–Trinajstić information content (AvgIpc) is 2.46. The van der Waals surface area contributed by atoms with Crippen molar-refractivity contribution in [2.24, 2.45) is 0 Å². The Morgan fingerprint density at radius 2 is 1.71 bits per heavy atom. The summed E-state index contributed by atoms with van der Waals surface area (Å²) in [5, 5.41) is 3.28. The molecule has 0 heterocycles. The molecule has 2 aromatic rings. The van der Waals surface area contributed by atoms with Gasteiger partial charge in [-0.2, -0.15) is 0 Å². The van der Waals surface area contributed by atoms with Gasteiger partial charge in [0.2, 0.25) is 0 Å². The summed E-state index contributed by atoms with van der Waals surface area (Å²) < 4.78 is 44.8. The summed E-state index contributed by atoms with van der Waals surface area (Å²) in [6.07, 6.45) is 0. The van der Waals surface area contributed by atoms with Crippen LogP contribution in [0.1, 0.15) is 17.2 Å². The van der Waals surface area contributed by atoms with Crippen LogP contribution in [0.15, 0.2) is 30.3 Å². The zero-order chi connectivity index (χ0) is 15.6. The second-order valence-electron chi connectivity index (χ2n) is 4.41. The minimum atomic E-state index is -1.49. The van der Waals surface area contributed by atoms with E-state index in [1.807, 2.05) is 0 Å². The summed E-state index contributed by atoms with van der Waals surface area (Å²) in [5.74, 6) is -3.41. The molecule has 6 heteroatoms. The summed E-state index contributed by atoms with van der Waals surface area (Å²) in [7, 11) is 3.12. The van der Waals surface area contributed by atoms with Crippen molar-refractivity contribution in [3.05, 3.63) is 63.9 Å². The highest BCUT2D eigenvalue weighted by Gasteiger charge is 2.20. The van der Waals surface area contributed by atoms with Crippen LogP contribution in [0.3, 0.4) is 0 Å². The number of benzene rings is 2. The molecule has 21 heavy (non-hydrogen) atoms. The predicted molar refractivity (Wildman–Crippen MR) is 75.2 cm³/mol. The van der Waals surface area contributed by atoms with Crippen molar-refractivity contribution in [2.75, 3.05) is 14.2 Å². The van der Waals surface area contributed by atoms with Gasteiger partial charge in [0.1, 0.15) is 5.75 Å². The monoisotopic (exact) mass is 315 g/mol. The van der Waals surface area contributed by atoms with Crippen LogP contribution in [0.4, 0.5) is 13.2 Å². The van der Waals surface area contributed by atoms with Crippen LogP contribution in [0, 0.1) is 17.5 Å². The minimum absolute atomic E-state index is 0.237. The maximum Gasteiger partial charge on any atom is 0.194 e. The summed E-state index contributed by atoms with van der Waals surface area (Å²) in [5.41, 5.74) is 0.839. The topological polar surface area (TPSA) is 21.3 Å². The van der Waals surface area contributed by atoms with E-state index >= 15 is 0 Å². The Kier molecular flexibility index (Phi) is 4.75. The van der Waals surface area contributed by atoms with Gasteiger partial charge in [-0.15, -0.1) is 0 Å². The molecule has 0 saturated carbocycles. The minimum Gasteiger partial charge on any atom is -0.497 e. The van der Waals surface area contributed by atoms with Crippen molar-refractivity contribution < 1.29 is 17.9 Å². The smallest absolute Gasteiger partial charge is 0.194 e. The lowest BCUT2D eigenvalue weighted by Crippen LogP contribution is -2.19. The lowest BCUT2D eigenvalue weighted by Gasteiger charge is -2.19. The number of rotatable bonds is 4. The molecule has 1 atom stereocenters. The van der Waals surface area contributed by atoms with Crippen LogP contribution >= 0.6 is 11.6 Å². The first-order valence-electron chi connectivity index (χ1n) is 6.13. The molecular formula is C15H13ClF3NO. The van der Waals surface area contributed by atoms with Gasteiger partial charge in [0, 0.05) is 5.02 Å². The van der Waals surface area contributed by atoms with Gasteiger partial charge in [-0.05, 0) is 42.4 Å². The van der Waals surface area contributed by atoms with Crippen molar-refractivity contribution in [3.8, 4) is 5.75 Å². The van der Waals surface area contributed by atoms with Crippen LogP contribution < -0.4 is 10.1 Å². The van der Waals surface area contributed by atoms with Crippen LogP contribution in [0.2, 0.25) is 5.02 Å². The number of ether oxygens (including phenoxy) is 1. The molecule has 112 valence electrons. The van der Waals surface area contributed by atoms with E-state index in [9.17, 15) is 13.2 Å². The summed E-state index contributed by atoms with van der Waals surface area (Å²) in [4.78, 5) is 0. The van der Waals surface area contributed by atoms with Crippen molar-refractivity contribution in [3.63, 3.8) is 0 Å². The number of methoxy groups -OCH3 is 1. The third-order valence-electron chi connectivity index (χ3n) is 3.15. The second kappa shape index (κ2) is 6.37. The second-order valence-corrected chi connectivity index (χ2v) is 4.81. The van der Waals surface area contributed by atoms with Crippen molar-refractivity contribution in [2.45, 2.75) is 6.04 Å². The van der Waals surface area contributed by atoms with Crippen LogP contribution in [0.25, 0.3) is 0 Å². The fourth-order valence-electron chi connectivity index (χ4n) is 2.11. The van der Waals surface area contributed by atoms with Crippen LogP contribution in [-0.4, -0.2) is 14.2 Å². The van der Waals surface area contributed by atoms with Crippen molar-refractivity contribution in [1.29, 1.82) is 0 Å². The summed E-state index contributed by atoms with van der Waals surface area (Å²) >= 11 is 6.16. The lowest BCUT2D eigenvalue weighted by atomic mass is 9.98. The zero-order valence-electron chi connectivity index (χ0n) is 11.4. The maximum atomic E-state index is 13.4. The van der Waals surface area contributed by atoms with Crippen molar-refractivity contribution in [1.82, 2.24) is 5.32 Å². The molecule has 0 bridgehead atoms. The molecule has 0 aliphatic rings. The van der Waals surface area contributed by atoms with E-state index in [2.05, 4.69) is 5.32 Å². The fraction of sp³-hybridized carbons (Fsp3) is 0.200. The van der Waals surface area contributed by atoms with Gasteiger partial charge >= 0.3 is 0 Å². The third kappa shape index (κ3) is 3.14. The van der Waals surface area contributed by atoms with E-state index in [0.29, 0.717) is 16.3 Å². The number of hydrogen-bond acceptors (Lipinski definition) is 2. The van der Waals surface area contributed by atoms with Gasteiger partial charge in [0.25, 0.3) is 0 Å². The van der Waals surface area contributed by atoms with E-state index in [0.717, 1.165) is 12.1 Å². The highest BCUT2D eigenvalue weighted by atomic mass is 35.5. The Labute approximate surface area is 125 Å². The molecule has 2 aromatic carbocycles. The molecule has 1 N–H and O–H groups in total. The van der Waals surface area contributed by atoms with Gasteiger partial charge in [-0.1, -0.05) is 17.7 Å². The first-order chi connectivity index (χ1) is 9.97. The summed E-state index contributed by atoms with van der Waals surface area (Å²) in [6.45, 7) is 0. The number of halogens is 4. The Bertz CT molecular complexity index is 640. The summed E-state index contributed by atoms with van der Waals surface area (Å²) in [6, 6.07) is 6.27. The molecule has 0 fully saturated rings. The van der Waals surface area contributed by atoms with Crippen LogP contribution in [0.5, 0.6) is 5.75 Å². The molecule has 0 aliphatic carbocycles. The number of nitrogens with one attached hydrogen (secondary N) is 1. The van der Waals surface area contributed by atoms with Gasteiger partial charge in [-0.3, -0.25) is 0 Å². The van der Waals surface area contributed by atoms with E-state index in [4.69, 9.17) is 16.3 Å². The van der Waals surface area contributed by atoms with E-state index in [1.54, 1.807) is 25.2 Å². The van der Waals surface area contributed by atoms with E-state index < -0.39 is 23.5 Å². The van der Waals surface area contributed by atoms with E-state index in [1.165, 1.54) is 7.11 Å². The maximum absolute atomic E-state index is 13.4. The zero-order valence-corrected chi connectivity index (χ0v) is 12.1. The molecule has 0 aliphatic heterocycles. The molecule has 0 radical (unpaired) electrons. The molecular weight excluding hydrogens is 303 g/mol. The normalized spacial score (nSPS) is 12.3. The highest BCUT2D eigenvalue weighted by Crippen LogP contribution is 2.32. The Balaban J connectivity index is 2.49. The quantitative estimate of drug-likeness (QED) is 0.859. The molecule has 1 unspecified atom stereocenters. The first-order valence-corrected chi connectivity index (χ1v) is 6.51. The highest BCUT2D eigenvalue weighted by molar-refractivity contribution is 6.31. The predicted octanol–water partition coefficient (Wildman–Crippen LogP) is 4.07. The first kappa shape index (κ1) is 15.7. The standard InChI is InChI=1S/C15H13ClF3NO/c1-20-15(8-5-12(17)14(19)13(18)6-8)10-4-3-9(21-2)7-11(10)16/h3-7,15,20H,1-2H3. The van der Waals surface area contributed by atoms with Gasteiger partial charge < -0.3 is 10.1 Å². The Hall–Kier alpha value is -1.72.